The number of alkyl halides is 3. The molecule has 7 nitrogen and oxygen atoms in total. The predicted molar refractivity (Wildman–Crippen MR) is 104 cm³/mol. The Balaban J connectivity index is 1.78. The third-order valence-corrected chi connectivity index (χ3v) is 4.21. The van der Waals surface area contributed by atoms with Crippen LogP contribution in [0.2, 0.25) is 0 Å². The normalized spacial score (nSPS) is 11.4. The zero-order chi connectivity index (χ0) is 21.7. The van der Waals surface area contributed by atoms with Gasteiger partial charge < -0.3 is 11.1 Å². The van der Waals surface area contributed by atoms with Crippen LogP contribution >= 0.6 is 0 Å². The predicted octanol–water partition coefficient (Wildman–Crippen LogP) is 3.01. The molecule has 30 heavy (non-hydrogen) atoms. The van der Waals surface area contributed by atoms with E-state index >= 15 is 0 Å². The lowest BCUT2D eigenvalue weighted by atomic mass is 10.1. The molecule has 1 amide bonds. The van der Waals surface area contributed by atoms with E-state index in [1.54, 1.807) is 31.2 Å². The summed E-state index contributed by atoms with van der Waals surface area (Å²) >= 11 is 0. The molecule has 0 saturated carbocycles. The van der Waals surface area contributed by atoms with Crippen molar-refractivity contribution in [3.05, 3.63) is 59.2 Å². The first kappa shape index (κ1) is 21.3. The van der Waals surface area contributed by atoms with Gasteiger partial charge in [-0.3, -0.25) is 4.79 Å². The highest BCUT2D eigenvalue weighted by Gasteiger charge is 2.31. The number of aryl methyl sites for hydroxylation is 1. The maximum atomic E-state index is 13.0. The van der Waals surface area contributed by atoms with Gasteiger partial charge in [0.1, 0.15) is 0 Å². The van der Waals surface area contributed by atoms with Crippen LogP contribution in [0.5, 0.6) is 0 Å². The second kappa shape index (κ2) is 8.95. The molecule has 0 aliphatic carbocycles. The number of carbonyl (C=O) groups excluding carboxylic acids is 1. The highest BCUT2D eigenvalue weighted by Crippen LogP contribution is 2.32. The third kappa shape index (κ3) is 5.15. The topological polar surface area (TPSA) is 107 Å². The van der Waals surface area contributed by atoms with Crippen LogP contribution < -0.4 is 11.1 Å². The zero-order valence-electron chi connectivity index (χ0n) is 16.1. The molecule has 3 aromatic rings. The summed E-state index contributed by atoms with van der Waals surface area (Å²) in [7, 11) is 0. The third-order valence-electron chi connectivity index (χ3n) is 4.21. The lowest BCUT2D eigenvalue weighted by molar-refractivity contribution is -0.137. The number of halogens is 3. The Morgan fingerprint density at radius 3 is 2.13 bits per heavy atom. The summed E-state index contributed by atoms with van der Waals surface area (Å²) in [6.07, 6.45) is -3.79. The van der Waals surface area contributed by atoms with E-state index in [1.165, 1.54) is 6.07 Å². The second-order valence-electron chi connectivity index (χ2n) is 6.61. The van der Waals surface area contributed by atoms with Gasteiger partial charge in [-0.05, 0) is 55.8 Å². The number of hydrogen-bond donors (Lipinski definition) is 2. The van der Waals surface area contributed by atoms with Gasteiger partial charge in [-0.25, -0.2) is 0 Å². The summed E-state index contributed by atoms with van der Waals surface area (Å²) in [5.74, 6) is -0.0381. The van der Waals surface area contributed by atoms with Gasteiger partial charge in [0.2, 0.25) is 11.6 Å². The van der Waals surface area contributed by atoms with Crippen molar-refractivity contribution in [1.29, 1.82) is 0 Å². The smallest absolute Gasteiger partial charge is 0.352 e. The van der Waals surface area contributed by atoms with Crippen LogP contribution in [0.3, 0.4) is 0 Å². The molecular weight excluding hydrogens is 397 g/mol. The van der Waals surface area contributed by atoms with Crippen molar-refractivity contribution in [1.82, 2.24) is 25.7 Å². The van der Waals surface area contributed by atoms with E-state index in [1.807, 2.05) is 0 Å². The van der Waals surface area contributed by atoms with E-state index in [0.717, 1.165) is 12.1 Å². The highest BCUT2D eigenvalue weighted by molar-refractivity contribution is 5.94. The maximum absolute atomic E-state index is 13.0. The summed E-state index contributed by atoms with van der Waals surface area (Å²) in [6, 6.07) is 10.1. The number of rotatable bonds is 6. The van der Waals surface area contributed by atoms with Crippen LogP contribution in [-0.2, 0) is 6.18 Å². The van der Waals surface area contributed by atoms with E-state index in [9.17, 15) is 18.0 Å². The number of amides is 1. The van der Waals surface area contributed by atoms with Gasteiger partial charge >= 0.3 is 6.18 Å². The molecule has 0 aliphatic rings. The van der Waals surface area contributed by atoms with Gasteiger partial charge in [-0.1, -0.05) is 12.1 Å². The van der Waals surface area contributed by atoms with Crippen LogP contribution in [0.15, 0.2) is 42.5 Å². The van der Waals surface area contributed by atoms with Crippen molar-refractivity contribution in [2.75, 3.05) is 13.1 Å². The van der Waals surface area contributed by atoms with Crippen LogP contribution in [-0.4, -0.2) is 39.4 Å². The van der Waals surface area contributed by atoms with Crippen LogP contribution in [0.4, 0.5) is 13.2 Å². The van der Waals surface area contributed by atoms with Crippen molar-refractivity contribution < 1.29 is 18.0 Å². The Bertz CT molecular complexity index is 1020. The number of aromatic nitrogens is 4. The minimum absolute atomic E-state index is 0.0103. The molecule has 3 N–H and O–H groups in total. The number of carbonyl (C=O) groups is 1. The standard InChI is InChI=1S/C20H19F3N6O/c1-12-9-15(11-16(10-12)20(21,22)23)18-28-26-17(27-29-18)13-3-5-14(6-4-13)19(30)25-8-2-7-24/h3-6,9-11H,2,7-8,24H2,1H3,(H,25,30). The molecule has 0 unspecified atom stereocenters. The molecule has 0 spiro atoms. The van der Waals surface area contributed by atoms with Gasteiger partial charge in [0.25, 0.3) is 5.91 Å². The SMILES string of the molecule is Cc1cc(-c2nnc(-c3ccc(C(=O)NCCCN)cc3)nn2)cc(C(F)(F)F)c1. The van der Waals surface area contributed by atoms with Crippen molar-refractivity contribution >= 4 is 5.91 Å². The molecule has 0 fully saturated rings. The summed E-state index contributed by atoms with van der Waals surface area (Å²) in [5, 5.41) is 18.5. The molecule has 156 valence electrons. The fourth-order valence-electron chi connectivity index (χ4n) is 2.71. The van der Waals surface area contributed by atoms with Gasteiger partial charge in [-0.2, -0.15) is 13.2 Å². The lowest BCUT2D eigenvalue weighted by Crippen LogP contribution is -2.25. The molecule has 1 heterocycles. The Hall–Kier alpha value is -3.40. The number of nitrogens with two attached hydrogens (primary N) is 1. The number of nitrogens with one attached hydrogen (secondary N) is 1. The van der Waals surface area contributed by atoms with E-state index in [2.05, 4.69) is 25.7 Å². The Morgan fingerprint density at radius 2 is 1.57 bits per heavy atom. The molecule has 3 rings (SSSR count). The molecule has 0 saturated heterocycles. The maximum Gasteiger partial charge on any atom is 0.416 e. The van der Waals surface area contributed by atoms with Crippen LogP contribution in [0.25, 0.3) is 22.8 Å². The van der Waals surface area contributed by atoms with Crippen molar-refractivity contribution in [2.24, 2.45) is 5.73 Å². The molecule has 10 heteroatoms. The van der Waals surface area contributed by atoms with Crippen LogP contribution in [0.1, 0.15) is 27.9 Å². The van der Waals surface area contributed by atoms with Gasteiger partial charge in [0.15, 0.2) is 0 Å². The molecular formula is C20H19F3N6O. The van der Waals surface area contributed by atoms with Gasteiger partial charge in [0, 0.05) is 23.2 Å². The summed E-state index contributed by atoms with van der Waals surface area (Å²) in [6.45, 7) is 2.54. The van der Waals surface area contributed by atoms with Gasteiger partial charge in [0.05, 0.1) is 5.56 Å². The van der Waals surface area contributed by atoms with Gasteiger partial charge in [-0.15, -0.1) is 20.4 Å². The van der Waals surface area contributed by atoms with Crippen molar-refractivity contribution in [2.45, 2.75) is 19.5 Å². The first-order valence-electron chi connectivity index (χ1n) is 9.13. The average Bonchev–Trinajstić information content (AvgIpc) is 2.73. The minimum atomic E-state index is -4.47. The number of hydrogen-bond acceptors (Lipinski definition) is 6. The summed E-state index contributed by atoms with van der Waals surface area (Å²) in [4.78, 5) is 12.0. The summed E-state index contributed by atoms with van der Waals surface area (Å²) < 4.78 is 39.1. The Morgan fingerprint density at radius 1 is 0.967 bits per heavy atom. The zero-order valence-corrected chi connectivity index (χ0v) is 16.1. The number of nitrogens with zero attached hydrogens (tertiary/aromatic N) is 4. The quantitative estimate of drug-likeness (QED) is 0.599. The fraction of sp³-hybridized carbons (Fsp3) is 0.250. The number of benzene rings is 2. The minimum Gasteiger partial charge on any atom is -0.352 e. The largest absolute Gasteiger partial charge is 0.416 e. The highest BCUT2D eigenvalue weighted by atomic mass is 19.4. The van der Waals surface area contributed by atoms with Crippen molar-refractivity contribution in [3.8, 4) is 22.8 Å². The Kier molecular flexibility index (Phi) is 6.36. The fourth-order valence-corrected chi connectivity index (χ4v) is 2.71. The van der Waals surface area contributed by atoms with E-state index in [-0.39, 0.29) is 23.1 Å². The average molecular weight is 416 g/mol. The molecule has 2 aromatic carbocycles. The van der Waals surface area contributed by atoms with Crippen molar-refractivity contribution in [3.63, 3.8) is 0 Å². The molecule has 0 atom stereocenters. The van der Waals surface area contributed by atoms with E-state index < -0.39 is 11.7 Å². The Labute approximate surface area is 170 Å². The first-order valence-corrected chi connectivity index (χ1v) is 9.13. The van der Waals surface area contributed by atoms with Crippen LogP contribution in [0, 0.1) is 6.92 Å². The van der Waals surface area contributed by atoms with E-state index in [4.69, 9.17) is 5.73 Å². The molecule has 0 radical (unpaired) electrons. The molecule has 0 bridgehead atoms. The monoisotopic (exact) mass is 416 g/mol. The van der Waals surface area contributed by atoms with E-state index in [0.29, 0.717) is 36.2 Å². The lowest BCUT2D eigenvalue weighted by Gasteiger charge is -2.09. The first-order chi connectivity index (χ1) is 14.3. The molecule has 0 aliphatic heterocycles. The second-order valence-corrected chi connectivity index (χ2v) is 6.61. The summed E-state index contributed by atoms with van der Waals surface area (Å²) in [5.41, 5.74) is 6.24. The molecule has 1 aromatic heterocycles.